The van der Waals surface area contributed by atoms with Crippen LogP contribution >= 0.6 is 23.2 Å². The lowest BCUT2D eigenvalue weighted by Crippen LogP contribution is -2.14. The summed E-state index contributed by atoms with van der Waals surface area (Å²) in [6.45, 7) is 0. The van der Waals surface area contributed by atoms with Crippen molar-refractivity contribution >= 4 is 29.0 Å². The van der Waals surface area contributed by atoms with Gasteiger partial charge in [-0.15, -0.1) is 0 Å². The molecule has 20 heavy (non-hydrogen) atoms. The zero-order valence-electron chi connectivity index (χ0n) is 9.98. The van der Waals surface area contributed by atoms with Crippen molar-refractivity contribution in [3.8, 4) is 11.5 Å². The topological polar surface area (TPSA) is 67.8 Å². The minimum absolute atomic E-state index is 0.0138. The van der Waals surface area contributed by atoms with Crippen LogP contribution in [-0.4, -0.2) is 11.0 Å². The van der Waals surface area contributed by atoms with Gasteiger partial charge in [0.15, 0.2) is 5.84 Å². The summed E-state index contributed by atoms with van der Waals surface area (Å²) in [7, 11) is 0. The largest absolute Gasteiger partial charge is 0.456 e. The number of benzene rings is 2. The van der Waals surface area contributed by atoms with Gasteiger partial charge in [-0.05, 0) is 24.3 Å². The molecule has 0 spiro atoms. The highest BCUT2D eigenvalue weighted by Gasteiger charge is 2.14. The predicted octanol–water partition coefficient (Wildman–Crippen LogP) is 4.02. The quantitative estimate of drug-likeness (QED) is 0.389. The van der Waals surface area contributed by atoms with Crippen LogP contribution in [0.1, 0.15) is 5.56 Å². The van der Waals surface area contributed by atoms with Gasteiger partial charge in [0.05, 0.1) is 15.6 Å². The summed E-state index contributed by atoms with van der Waals surface area (Å²) in [6.07, 6.45) is 0. The summed E-state index contributed by atoms with van der Waals surface area (Å²) in [5.74, 6) is -0.382. The summed E-state index contributed by atoms with van der Waals surface area (Å²) in [5.41, 5.74) is 5.76. The summed E-state index contributed by atoms with van der Waals surface area (Å²) in [4.78, 5) is 0. The molecule has 0 unspecified atom stereocenters. The summed E-state index contributed by atoms with van der Waals surface area (Å²) in [6, 6.07) is 8.72. The molecule has 4 nitrogen and oxygen atoms in total. The van der Waals surface area contributed by atoms with Crippen molar-refractivity contribution < 1.29 is 14.3 Å². The first kappa shape index (κ1) is 14.4. The Morgan fingerprint density at radius 1 is 1.20 bits per heavy atom. The molecule has 0 aliphatic heterocycles. The molecule has 0 saturated carbocycles. The molecule has 0 saturated heterocycles. The van der Waals surface area contributed by atoms with Crippen molar-refractivity contribution in [2.24, 2.45) is 10.9 Å². The highest BCUT2D eigenvalue weighted by molar-refractivity contribution is 6.34. The average Bonchev–Trinajstić information content (AvgIpc) is 2.42. The molecular weight excluding hydrogens is 306 g/mol. The normalized spacial score (nSPS) is 11.4. The van der Waals surface area contributed by atoms with Crippen molar-refractivity contribution in [3.05, 3.63) is 57.8 Å². The van der Waals surface area contributed by atoms with E-state index in [1.54, 1.807) is 18.2 Å². The lowest BCUT2D eigenvalue weighted by molar-refractivity contribution is 0.318. The van der Waals surface area contributed by atoms with Crippen LogP contribution in [0.4, 0.5) is 4.39 Å². The highest BCUT2D eigenvalue weighted by atomic mass is 35.5. The molecule has 0 radical (unpaired) electrons. The third-order valence-electron chi connectivity index (χ3n) is 2.46. The van der Waals surface area contributed by atoms with Gasteiger partial charge in [0, 0.05) is 6.07 Å². The van der Waals surface area contributed by atoms with Gasteiger partial charge in [0.1, 0.15) is 17.3 Å². The zero-order valence-corrected chi connectivity index (χ0v) is 11.5. The molecule has 7 heteroatoms. The lowest BCUT2D eigenvalue weighted by Gasteiger charge is -2.11. The van der Waals surface area contributed by atoms with E-state index in [1.807, 2.05) is 0 Å². The fourth-order valence-electron chi connectivity index (χ4n) is 1.56. The van der Waals surface area contributed by atoms with Gasteiger partial charge >= 0.3 is 0 Å². The number of nitrogens with two attached hydrogens (primary N) is 1. The van der Waals surface area contributed by atoms with E-state index >= 15 is 0 Å². The molecule has 0 bridgehead atoms. The second-order valence-electron chi connectivity index (χ2n) is 3.78. The zero-order chi connectivity index (χ0) is 14.7. The van der Waals surface area contributed by atoms with Crippen LogP contribution in [0.25, 0.3) is 0 Å². The standard InChI is InChI=1S/C13H9Cl2FN2O2/c14-8-5-4-7(6-10(8)16)20-11-3-1-2-9(15)12(11)13(17)18-19/h1-6,19H,(H2,17,18). The van der Waals surface area contributed by atoms with E-state index in [1.165, 1.54) is 12.1 Å². The van der Waals surface area contributed by atoms with Crippen molar-refractivity contribution in [1.29, 1.82) is 0 Å². The number of oxime groups is 1. The Labute approximate surface area is 124 Å². The highest BCUT2D eigenvalue weighted by Crippen LogP contribution is 2.31. The van der Waals surface area contributed by atoms with Crippen LogP contribution in [0.3, 0.4) is 0 Å². The van der Waals surface area contributed by atoms with Crippen LogP contribution in [0.15, 0.2) is 41.6 Å². The van der Waals surface area contributed by atoms with Gasteiger partial charge in [-0.1, -0.05) is 34.4 Å². The molecule has 3 N–H and O–H groups in total. The van der Waals surface area contributed by atoms with Gasteiger partial charge < -0.3 is 15.7 Å². The predicted molar refractivity (Wildman–Crippen MR) is 75.4 cm³/mol. The maximum absolute atomic E-state index is 13.4. The molecule has 0 amide bonds. The van der Waals surface area contributed by atoms with Gasteiger partial charge in [-0.3, -0.25) is 0 Å². The lowest BCUT2D eigenvalue weighted by atomic mass is 10.2. The maximum atomic E-state index is 13.4. The molecule has 0 aromatic heterocycles. The molecule has 104 valence electrons. The maximum Gasteiger partial charge on any atom is 0.175 e. The molecule has 2 aromatic carbocycles. The first-order chi connectivity index (χ1) is 9.52. The number of halogens is 3. The molecule has 0 fully saturated rings. The average molecular weight is 315 g/mol. The monoisotopic (exact) mass is 314 g/mol. The first-order valence-electron chi connectivity index (χ1n) is 5.42. The van der Waals surface area contributed by atoms with E-state index in [0.29, 0.717) is 0 Å². The Hall–Kier alpha value is -1.98. The minimum atomic E-state index is -0.614. The van der Waals surface area contributed by atoms with E-state index in [2.05, 4.69) is 5.16 Å². The van der Waals surface area contributed by atoms with Crippen molar-refractivity contribution in [3.63, 3.8) is 0 Å². The summed E-state index contributed by atoms with van der Waals surface area (Å²) >= 11 is 11.6. The van der Waals surface area contributed by atoms with E-state index < -0.39 is 5.82 Å². The van der Waals surface area contributed by atoms with Crippen molar-refractivity contribution in [1.82, 2.24) is 0 Å². The van der Waals surface area contributed by atoms with Gasteiger partial charge in [0.25, 0.3) is 0 Å². The number of nitrogens with zero attached hydrogens (tertiary/aromatic N) is 1. The Morgan fingerprint density at radius 3 is 2.60 bits per heavy atom. The Kier molecular flexibility index (Phi) is 4.32. The first-order valence-corrected chi connectivity index (χ1v) is 6.18. The second kappa shape index (κ2) is 5.98. The van der Waals surface area contributed by atoms with Gasteiger partial charge in [0.2, 0.25) is 0 Å². The third-order valence-corrected chi connectivity index (χ3v) is 3.08. The van der Waals surface area contributed by atoms with E-state index in [-0.39, 0.29) is 32.9 Å². The molecule has 0 atom stereocenters. The van der Waals surface area contributed by atoms with Crippen LogP contribution in [0.5, 0.6) is 11.5 Å². The number of amidine groups is 1. The minimum Gasteiger partial charge on any atom is -0.456 e. The Bertz CT molecular complexity index is 677. The van der Waals surface area contributed by atoms with Crippen LogP contribution in [0, 0.1) is 5.82 Å². The van der Waals surface area contributed by atoms with Crippen LogP contribution in [0.2, 0.25) is 10.0 Å². The second-order valence-corrected chi connectivity index (χ2v) is 4.59. The van der Waals surface area contributed by atoms with Crippen molar-refractivity contribution in [2.75, 3.05) is 0 Å². The van der Waals surface area contributed by atoms with E-state index in [9.17, 15) is 4.39 Å². The summed E-state index contributed by atoms with van der Waals surface area (Å²) < 4.78 is 18.9. The molecule has 2 aromatic rings. The Morgan fingerprint density at radius 2 is 1.95 bits per heavy atom. The number of hydrogen-bond donors (Lipinski definition) is 2. The molecular formula is C13H9Cl2FN2O2. The fraction of sp³-hybridized carbons (Fsp3) is 0. The van der Waals surface area contributed by atoms with Gasteiger partial charge in [-0.2, -0.15) is 0 Å². The molecule has 2 rings (SSSR count). The van der Waals surface area contributed by atoms with Gasteiger partial charge in [-0.25, -0.2) is 4.39 Å². The number of ether oxygens (including phenoxy) is 1. The Balaban J connectivity index is 2.43. The van der Waals surface area contributed by atoms with Crippen LogP contribution in [-0.2, 0) is 0 Å². The van der Waals surface area contributed by atoms with Crippen molar-refractivity contribution in [2.45, 2.75) is 0 Å². The van der Waals surface area contributed by atoms with E-state index in [0.717, 1.165) is 6.07 Å². The SMILES string of the molecule is N/C(=N/O)c1c(Cl)cccc1Oc1ccc(Cl)c(F)c1. The fourth-order valence-corrected chi connectivity index (χ4v) is 1.94. The van der Waals surface area contributed by atoms with E-state index in [4.69, 9.17) is 38.9 Å². The van der Waals surface area contributed by atoms with Crippen LogP contribution < -0.4 is 10.5 Å². The number of hydrogen-bond acceptors (Lipinski definition) is 3. The summed E-state index contributed by atoms with van der Waals surface area (Å²) in [5, 5.41) is 11.9. The molecule has 0 aliphatic carbocycles. The smallest absolute Gasteiger partial charge is 0.175 e. The molecule has 0 aliphatic rings. The molecule has 0 heterocycles. The third kappa shape index (κ3) is 2.95. The number of rotatable bonds is 3.